The van der Waals surface area contributed by atoms with Gasteiger partial charge in [0.15, 0.2) is 0 Å². The molecule has 0 aliphatic carbocycles. The summed E-state index contributed by atoms with van der Waals surface area (Å²) < 4.78 is 10.5. The number of rotatable bonds is 4. The lowest BCUT2D eigenvalue weighted by molar-refractivity contribution is 0.0521. The van der Waals surface area contributed by atoms with Gasteiger partial charge >= 0.3 is 11.6 Å². The van der Waals surface area contributed by atoms with E-state index in [2.05, 4.69) is 0 Å². The molecule has 1 aromatic heterocycles. The van der Waals surface area contributed by atoms with E-state index in [1.165, 1.54) is 0 Å². The Labute approximate surface area is 129 Å². The number of esters is 1. The lowest BCUT2D eigenvalue weighted by Gasteiger charge is -2.16. The Hall–Kier alpha value is -2.36. The van der Waals surface area contributed by atoms with Gasteiger partial charge in [0.2, 0.25) is 0 Å². The Morgan fingerprint density at radius 1 is 1.23 bits per heavy atom. The fraction of sp³-hybridized carbons (Fsp3) is 0.333. The van der Waals surface area contributed by atoms with Crippen LogP contribution in [-0.2, 0) is 4.74 Å². The van der Waals surface area contributed by atoms with Crippen molar-refractivity contribution in [2.75, 3.05) is 6.61 Å². The van der Waals surface area contributed by atoms with Crippen molar-refractivity contribution < 1.29 is 13.9 Å². The topological polar surface area (TPSA) is 56.5 Å². The zero-order valence-corrected chi connectivity index (χ0v) is 13.3. The van der Waals surface area contributed by atoms with Crippen molar-refractivity contribution in [1.82, 2.24) is 0 Å². The molecule has 0 radical (unpaired) electrons. The maximum absolute atomic E-state index is 12.4. The third kappa shape index (κ3) is 2.96. The van der Waals surface area contributed by atoms with E-state index in [1.54, 1.807) is 13.8 Å². The summed E-state index contributed by atoms with van der Waals surface area (Å²) >= 11 is 0. The summed E-state index contributed by atoms with van der Waals surface area (Å²) in [6, 6.07) is 9.36. The molecule has 0 spiro atoms. The quantitative estimate of drug-likeness (QED) is 0.803. The van der Waals surface area contributed by atoms with Crippen molar-refractivity contribution in [3.63, 3.8) is 0 Å². The van der Waals surface area contributed by atoms with Gasteiger partial charge in [0.25, 0.3) is 0 Å². The Bertz CT molecular complexity index is 727. The van der Waals surface area contributed by atoms with Crippen molar-refractivity contribution in [3.05, 3.63) is 57.6 Å². The standard InChI is InChI=1S/C18H20O4/c1-5-21-18(20)15-14(13-9-7-6-8-10-13)12(4)17(19)22-16(15)11(2)3/h6-11H,5H2,1-4H3. The van der Waals surface area contributed by atoms with Crippen LogP contribution in [0.1, 0.15) is 48.4 Å². The first-order valence-electron chi connectivity index (χ1n) is 7.37. The number of benzene rings is 1. The summed E-state index contributed by atoms with van der Waals surface area (Å²) in [4.78, 5) is 24.6. The van der Waals surface area contributed by atoms with Crippen LogP contribution >= 0.6 is 0 Å². The van der Waals surface area contributed by atoms with Crippen LogP contribution in [0.5, 0.6) is 0 Å². The minimum atomic E-state index is -0.461. The molecule has 2 rings (SSSR count). The highest BCUT2D eigenvalue weighted by molar-refractivity contribution is 5.99. The molecule has 1 aromatic carbocycles. The molecule has 0 unspecified atom stereocenters. The van der Waals surface area contributed by atoms with Crippen molar-refractivity contribution in [2.24, 2.45) is 0 Å². The van der Waals surface area contributed by atoms with E-state index in [0.29, 0.717) is 22.5 Å². The van der Waals surface area contributed by atoms with Crippen LogP contribution in [0.15, 0.2) is 39.5 Å². The second kappa shape index (κ2) is 6.60. The number of carbonyl (C=O) groups excluding carboxylic acids is 1. The monoisotopic (exact) mass is 300 g/mol. The van der Waals surface area contributed by atoms with Crippen molar-refractivity contribution >= 4 is 5.97 Å². The molecule has 22 heavy (non-hydrogen) atoms. The van der Waals surface area contributed by atoms with Gasteiger partial charge in [0.05, 0.1) is 6.61 Å². The molecule has 1 heterocycles. The number of carbonyl (C=O) groups is 1. The number of hydrogen-bond donors (Lipinski definition) is 0. The highest BCUT2D eigenvalue weighted by atomic mass is 16.5. The van der Waals surface area contributed by atoms with E-state index < -0.39 is 11.6 Å². The Morgan fingerprint density at radius 2 is 1.86 bits per heavy atom. The number of ether oxygens (including phenoxy) is 1. The van der Waals surface area contributed by atoms with Crippen molar-refractivity contribution in [1.29, 1.82) is 0 Å². The van der Waals surface area contributed by atoms with Gasteiger partial charge in [-0.1, -0.05) is 44.2 Å². The normalized spacial score (nSPS) is 10.8. The Balaban J connectivity index is 2.84. The average Bonchev–Trinajstić information content (AvgIpc) is 2.50. The first-order chi connectivity index (χ1) is 10.5. The molecular formula is C18H20O4. The van der Waals surface area contributed by atoms with Gasteiger partial charge in [-0.05, 0) is 19.4 Å². The molecule has 116 valence electrons. The average molecular weight is 300 g/mol. The van der Waals surface area contributed by atoms with E-state index in [4.69, 9.17) is 9.15 Å². The molecular weight excluding hydrogens is 280 g/mol. The zero-order chi connectivity index (χ0) is 16.3. The summed E-state index contributed by atoms with van der Waals surface area (Å²) in [6.07, 6.45) is 0. The zero-order valence-electron chi connectivity index (χ0n) is 13.3. The van der Waals surface area contributed by atoms with Crippen LogP contribution < -0.4 is 5.63 Å². The van der Waals surface area contributed by atoms with E-state index in [9.17, 15) is 9.59 Å². The first kappa shape index (κ1) is 16.0. The van der Waals surface area contributed by atoms with Gasteiger partial charge in [-0.2, -0.15) is 0 Å². The highest BCUT2D eigenvalue weighted by Crippen LogP contribution is 2.31. The highest BCUT2D eigenvalue weighted by Gasteiger charge is 2.26. The van der Waals surface area contributed by atoms with Crippen LogP contribution in [0.4, 0.5) is 0 Å². The molecule has 4 nitrogen and oxygen atoms in total. The van der Waals surface area contributed by atoms with Crippen molar-refractivity contribution in [3.8, 4) is 11.1 Å². The lowest BCUT2D eigenvalue weighted by Crippen LogP contribution is -2.18. The van der Waals surface area contributed by atoms with Gasteiger partial charge in [0, 0.05) is 17.0 Å². The summed E-state index contributed by atoms with van der Waals surface area (Å²) in [7, 11) is 0. The fourth-order valence-electron chi connectivity index (χ4n) is 2.42. The minimum Gasteiger partial charge on any atom is -0.462 e. The lowest BCUT2D eigenvalue weighted by atomic mass is 9.93. The molecule has 2 aromatic rings. The second-order valence-corrected chi connectivity index (χ2v) is 5.37. The molecule has 0 N–H and O–H groups in total. The minimum absolute atomic E-state index is 0.102. The summed E-state index contributed by atoms with van der Waals surface area (Å²) in [5.41, 5.74) is 1.74. The van der Waals surface area contributed by atoms with Crippen LogP contribution in [0.3, 0.4) is 0 Å². The van der Waals surface area contributed by atoms with Gasteiger partial charge < -0.3 is 9.15 Å². The summed E-state index contributed by atoms with van der Waals surface area (Å²) in [5, 5.41) is 0. The SMILES string of the molecule is CCOC(=O)c1c(C(C)C)oc(=O)c(C)c1-c1ccccc1. The van der Waals surface area contributed by atoms with Gasteiger partial charge in [-0.3, -0.25) is 0 Å². The van der Waals surface area contributed by atoms with Crippen LogP contribution in [0.2, 0.25) is 0 Å². The molecule has 0 atom stereocenters. The predicted molar refractivity (Wildman–Crippen MR) is 85.2 cm³/mol. The van der Waals surface area contributed by atoms with Crippen LogP contribution in [0.25, 0.3) is 11.1 Å². The smallest absolute Gasteiger partial charge is 0.342 e. The van der Waals surface area contributed by atoms with E-state index >= 15 is 0 Å². The Morgan fingerprint density at radius 3 is 2.41 bits per heavy atom. The molecule has 0 aliphatic rings. The van der Waals surface area contributed by atoms with Crippen LogP contribution in [-0.4, -0.2) is 12.6 Å². The van der Waals surface area contributed by atoms with E-state index in [1.807, 2.05) is 44.2 Å². The maximum Gasteiger partial charge on any atom is 0.342 e. The van der Waals surface area contributed by atoms with Crippen LogP contribution in [0, 0.1) is 6.92 Å². The fourth-order valence-corrected chi connectivity index (χ4v) is 2.42. The molecule has 0 saturated carbocycles. The van der Waals surface area contributed by atoms with Crippen molar-refractivity contribution in [2.45, 2.75) is 33.6 Å². The van der Waals surface area contributed by atoms with E-state index in [-0.39, 0.29) is 12.5 Å². The van der Waals surface area contributed by atoms with Gasteiger partial charge in [-0.15, -0.1) is 0 Å². The second-order valence-electron chi connectivity index (χ2n) is 5.37. The van der Waals surface area contributed by atoms with Gasteiger partial charge in [0.1, 0.15) is 11.3 Å². The predicted octanol–water partition coefficient (Wildman–Crippen LogP) is 3.92. The summed E-state index contributed by atoms with van der Waals surface area (Å²) in [6.45, 7) is 7.45. The molecule has 0 amide bonds. The largest absolute Gasteiger partial charge is 0.462 e. The number of hydrogen-bond acceptors (Lipinski definition) is 4. The van der Waals surface area contributed by atoms with E-state index in [0.717, 1.165) is 5.56 Å². The van der Waals surface area contributed by atoms with Gasteiger partial charge in [-0.25, -0.2) is 9.59 Å². The third-order valence-corrected chi connectivity index (χ3v) is 3.45. The first-order valence-corrected chi connectivity index (χ1v) is 7.37. The molecule has 0 aliphatic heterocycles. The molecule has 0 saturated heterocycles. The molecule has 0 fully saturated rings. The maximum atomic E-state index is 12.4. The Kier molecular flexibility index (Phi) is 4.81. The third-order valence-electron chi connectivity index (χ3n) is 3.45. The summed E-state index contributed by atoms with van der Waals surface area (Å²) in [5.74, 6) is -0.194. The molecule has 4 heteroatoms. The molecule has 0 bridgehead atoms.